The zero-order valence-corrected chi connectivity index (χ0v) is 37.2. The van der Waals surface area contributed by atoms with Crippen molar-refractivity contribution in [2.75, 3.05) is 0 Å². The second kappa shape index (κ2) is 16.7. The van der Waals surface area contributed by atoms with Gasteiger partial charge in [0.1, 0.15) is 16.1 Å². The molecule has 3 aromatic carbocycles. The number of hydrogen-bond acceptors (Lipinski definition) is 2. The van der Waals surface area contributed by atoms with Crippen molar-refractivity contribution < 1.29 is 0 Å². The fourth-order valence-electron chi connectivity index (χ4n) is 8.91. The SMILES string of the molecule is CC(C)[Si](C#Cc1c2cc(C=Cc3ccccc3)sc2c(C#C[Si](C(C)C)(C(C)C)C(C)C)c2cc(C=Cc3ccccc3)sc12)(C(C)C)C(C)C. The smallest absolute Gasteiger partial charge is 0.134 e. The van der Waals surface area contributed by atoms with Gasteiger partial charge in [-0.2, -0.15) is 0 Å². The minimum absolute atomic E-state index is 0.567. The van der Waals surface area contributed by atoms with E-state index in [0.717, 1.165) is 0 Å². The van der Waals surface area contributed by atoms with Gasteiger partial charge in [-0.3, -0.25) is 0 Å². The average Bonchev–Trinajstić information content (AvgIpc) is 3.72. The summed E-state index contributed by atoms with van der Waals surface area (Å²) in [6.45, 7) is 28.9. The molecule has 0 aliphatic heterocycles. The van der Waals surface area contributed by atoms with E-state index in [0.29, 0.717) is 33.2 Å². The third kappa shape index (κ3) is 7.93. The molecule has 0 aliphatic carbocycles. The van der Waals surface area contributed by atoms with Gasteiger partial charge in [0.25, 0.3) is 0 Å². The molecule has 0 fully saturated rings. The summed E-state index contributed by atoms with van der Waals surface area (Å²) in [4.78, 5) is 2.49. The topological polar surface area (TPSA) is 0 Å². The molecule has 4 heteroatoms. The van der Waals surface area contributed by atoms with Crippen LogP contribution in [0.1, 0.15) is 115 Å². The van der Waals surface area contributed by atoms with Crippen molar-refractivity contribution >= 4 is 83.3 Å². The maximum absolute atomic E-state index is 4.12. The zero-order valence-electron chi connectivity index (χ0n) is 33.5. The van der Waals surface area contributed by atoms with Gasteiger partial charge in [0, 0.05) is 20.5 Å². The number of hydrogen-bond donors (Lipinski definition) is 0. The highest BCUT2D eigenvalue weighted by Gasteiger charge is 2.43. The van der Waals surface area contributed by atoms with Gasteiger partial charge in [0.15, 0.2) is 0 Å². The van der Waals surface area contributed by atoms with Crippen molar-refractivity contribution in [1.29, 1.82) is 0 Å². The molecule has 0 radical (unpaired) electrons. The lowest BCUT2D eigenvalue weighted by atomic mass is 10.0. The first kappa shape index (κ1) is 39.8. The van der Waals surface area contributed by atoms with Crippen LogP contribution in [-0.4, -0.2) is 16.1 Å². The normalized spacial score (nSPS) is 12.8. The summed E-state index contributed by atoms with van der Waals surface area (Å²) in [5.74, 6) is 7.97. The zero-order chi connectivity index (χ0) is 37.8. The van der Waals surface area contributed by atoms with Crippen molar-refractivity contribution in [2.24, 2.45) is 0 Å². The molecular weight excluding hydrogens is 697 g/mol. The van der Waals surface area contributed by atoms with Crippen LogP contribution in [0.3, 0.4) is 0 Å². The van der Waals surface area contributed by atoms with Crippen molar-refractivity contribution in [3.05, 3.63) is 105 Å². The standard InChI is InChI=1S/C48H58S2Si2/c1-33(2)51(34(3)4,35(5)6)29-27-43-45-31-41(25-23-39-19-15-13-16-20-39)50-48(45)44(28-30-52(36(7)8,37(9)10)38(11)12)46-32-42(49-47(43)46)26-24-40-21-17-14-18-22-40/h13-26,31-38H,1-12H3. The first-order valence-electron chi connectivity index (χ1n) is 19.3. The third-order valence-corrected chi connectivity index (χ3v) is 26.3. The van der Waals surface area contributed by atoms with Crippen LogP contribution >= 0.6 is 22.7 Å². The van der Waals surface area contributed by atoms with Crippen LogP contribution < -0.4 is 0 Å². The molecule has 2 heterocycles. The van der Waals surface area contributed by atoms with Crippen LogP contribution in [0.25, 0.3) is 44.5 Å². The molecule has 5 aromatic rings. The Labute approximate surface area is 325 Å². The number of thiophene rings is 2. The van der Waals surface area contributed by atoms with Crippen LogP contribution in [0.5, 0.6) is 0 Å². The average molecular weight is 755 g/mol. The Bertz CT molecular complexity index is 1910. The van der Waals surface area contributed by atoms with E-state index < -0.39 is 16.1 Å². The van der Waals surface area contributed by atoms with Gasteiger partial charge in [-0.1, -0.05) is 168 Å². The minimum atomic E-state index is -1.99. The van der Waals surface area contributed by atoms with E-state index >= 15 is 0 Å². The van der Waals surface area contributed by atoms with Gasteiger partial charge in [0.2, 0.25) is 0 Å². The second-order valence-corrected chi connectivity index (χ2v) is 29.6. The highest BCUT2D eigenvalue weighted by Crippen LogP contribution is 2.45. The summed E-state index contributed by atoms with van der Waals surface area (Å²) in [7, 11) is -3.97. The molecule has 0 saturated heterocycles. The van der Waals surface area contributed by atoms with E-state index in [1.54, 1.807) is 0 Å². The predicted octanol–water partition coefficient (Wildman–Crippen LogP) is 15.6. The Morgan fingerprint density at radius 2 is 0.750 bits per heavy atom. The van der Waals surface area contributed by atoms with E-state index in [2.05, 4.69) is 203 Å². The maximum Gasteiger partial charge on any atom is 0.146 e. The van der Waals surface area contributed by atoms with E-state index in [-0.39, 0.29) is 0 Å². The molecule has 52 heavy (non-hydrogen) atoms. The summed E-state index contributed by atoms with van der Waals surface area (Å²) in [5.41, 5.74) is 16.4. The molecule has 0 nitrogen and oxygen atoms in total. The van der Waals surface area contributed by atoms with Gasteiger partial charge in [-0.25, -0.2) is 0 Å². The molecule has 270 valence electrons. The number of rotatable bonds is 10. The molecule has 5 rings (SSSR count). The Kier molecular flexibility index (Phi) is 12.8. The van der Waals surface area contributed by atoms with Crippen molar-refractivity contribution in [2.45, 2.75) is 116 Å². The van der Waals surface area contributed by atoms with E-state index in [4.69, 9.17) is 0 Å². The largest absolute Gasteiger partial charge is 0.146 e. The van der Waals surface area contributed by atoms with Crippen LogP contribution in [0, 0.1) is 22.9 Å². The number of benzene rings is 3. The van der Waals surface area contributed by atoms with Crippen LogP contribution in [0.2, 0.25) is 33.2 Å². The van der Waals surface area contributed by atoms with E-state index in [1.807, 2.05) is 22.7 Å². The fourth-order valence-corrected chi connectivity index (χ4v) is 21.5. The van der Waals surface area contributed by atoms with Crippen molar-refractivity contribution in [3.8, 4) is 22.9 Å². The summed E-state index contributed by atoms with van der Waals surface area (Å²) in [6.07, 6.45) is 9.03. The van der Waals surface area contributed by atoms with E-state index in [1.165, 1.54) is 52.2 Å². The first-order chi connectivity index (χ1) is 24.7. The summed E-state index contributed by atoms with van der Waals surface area (Å²) in [5, 5.41) is 2.51. The monoisotopic (exact) mass is 754 g/mol. The van der Waals surface area contributed by atoms with Gasteiger partial charge in [-0.05, 0) is 68.7 Å². The highest BCUT2D eigenvalue weighted by molar-refractivity contribution is 7.22. The van der Waals surface area contributed by atoms with Crippen LogP contribution in [0.4, 0.5) is 0 Å². The van der Waals surface area contributed by atoms with Gasteiger partial charge < -0.3 is 0 Å². The van der Waals surface area contributed by atoms with Crippen molar-refractivity contribution in [3.63, 3.8) is 0 Å². The maximum atomic E-state index is 4.12. The molecule has 0 spiro atoms. The van der Waals surface area contributed by atoms with Gasteiger partial charge in [0.05, 0.1) is 20.5 Å². The lowest BCUT2D eigenvalue weighted by Crippen LogP contribution is -2.43. The van der Waals surface area contributed by atoms with E-state index in [9.17, 15) is 0 Å². The second-order valence-electron chi connectivity index (χ2n) is 16.3. The van der Waals surface area contributed by atoms with Crippen molar-refractivity contribution in [1.82, 2.24) is 0 Å². The minimum Gasteiger partial charge on any atom is -0.134 e. The fraction of sp³-hybridized carbons (Fsp3) is 0.375. The Morgan fingerprint density at radius 1 is 0.442 bits per heavy atom. The molecule has 0 N–H and O–H groups in total. The summed E-state index contributed by atoms with van der Waals surface area (Å²) >= 11 is 3.75. The Hall–Kier alpha value is -3.39. The molecule has 0 bridgehead atoms. The third-order valence-electron chi connectivity index (χ3n) is 11.5. The molecule has 0 saturated carbocycles. The molecule has 0 aliphatic rings. The number of fused-ring (bicyclic) bond motifs is 2. The Balaban J connectivity index is 1.88. The molecule has 0 unspecified atom stereocenters. The Morgan fingerprint density at radius 3 is 1.04 bits per heavy atom. The predicted molar refractivity (Wildman–Crippen MR) is 244 cm³/mol. The first-order valence-corrected chi connectivity index (χ1v) is 25.4. The summed E-state index contributed by atoms with van der Waals surface area (Å²) < 4.78 is 2.55. The molecule has 0 atom stereocenters. The molecular formula is C48H58S2Si2. The quantitative estimate of drug-likeness (QED) is 0.0984. The van der Waals surface area contributed by atoms with Crippen LogP contribution in [0.15, 0.2) is 72.8 Å². The summed E-state index contributed by atoms with van der Waals surface area (Å²) in [6, 6.07) is 26.0. The molecule has 2 aromatic heterocycles. The van der Waals surface area contributed by atoms with Gasteiger partial charge in [-0.15, -0.1) is 33.8 Å². The van der Waals surface area contributed by atoms with Crippen LogP contribution in [-0.2, 0) is 0 Å². The lowest BCUT2D eigenvalue weighted by Gasteiger charge is -2.38. The van der Waals surface area contributed by atoms with Gasteiger partial charge >= 0.3 is 0 Å². The molecule has 0 amide bonds. The lowest BCUT2D eigenvalue weighted by molar-refractivity contribution is 0.838. The highest BCUT2D eigenvalue weighted by atomic mass is 32.1.